The van der Waals surface area contributed by atoms with E-state index in [9.17, 15) is 8.42 Å². The summed E-state index contributed by atoms with van der Waals surface area (Å²) in [6.45, 7) is 4.54. The Morgan fingerprint density at radius 2 is 2.04 bits per heavy atom. The number of sulfonamides is 1. The van der Waals surface area contributed by atoms with Crippen LogP contribution in [0, 0.1) is 0 Å². The normalized spacial score (nSPS) is 22.5. The molecule has 0 aromatic carbocycles. The molecule has 0 N–H and O–H groups in total. The van der Waals surface area contributed by atoms with E-state index < -0.39 is 10.0 Å². The second-order valence-electron chi connectivity index (χ2n) is 6.48. The van der Waals surface area contributed by atoms with E-state index in [0.29, 0.717) is 12.3 Å². The number of aryl methyl sites for hydroxylation is 1. The van der Waals surface area contributed by atoms with E-state index in [-0.39, 0.29) is 6.04 Å². The lowest BCUT2D eigenvalue weighted by atomic mass is 10.0. The summed E-state index contributed by atoms with van der Waals surface area (Å²) < 4.78 is 26.0. The molecule has 4 rings (SSSR count). The van der Waals surface area contributed by atoms with E-state index in [0.717, 1.165) is 54.8 Å². The average molecular weight is 367 g/mol. The van der Waals surface area contributed by atoms with Crippen molar-refractivity contribution in [3.05, 3.63) is 17.3 Å². The van der Waals surface area contributed by atoms with Gasteiger partial charge in [-0.1, -0.05) is 6.92 Å². The SMILES string of the molecule is CCc1cc2c(N3CCC(N4CCCS4(=O)=O)CC3)ncnc2s1. The zero-order valence-electron chi connectivity index (χ0n) is 13.8. The van der Waals surface area contributed by atoms with Gasteiger partial charge in [-0.3, -0.25) is 0 Å². The van der Waals surface area contributed by atoms with Crippen molar-refractivity contribution in [2.75, 3.05) is 30.3 Å². The molecule has 4 heterocycles. The molecule has 8 heteroatoms. The van der Waals surface area contributed by atoms with Gasteiger partial charge in [0.2, 0.25) is 10.0 Å². The Morgan fingerprint density at radius 1 is 1.25 bits per heavy atom. The molecule has 2 aromatic heterocycles. The molecule has 130 valence electrons. The molecule has 0 spiro atoms. The van der Waals surface area contributed by atoms with E-state index >= 15 is 0 Å². The van der Waals surface area contributed by atoms with Gasteiger partial charge in [0.25, 0.3) is 0 Å². The molecule has 2 saturated heterocycles. The summed E-state index contributed by atoms with van der Waals surface area (Å²) in [7, 11) is -3.01. The third-order valence-electron chi connectivity index (χ3n) is 5.02. The molecule has 0 saturated carbocycles. The molecule has 2 aliphatic rings. The third kappa shape index (κ3) is 2.80. The van der Waals surface area contributed by atoms with Crippen LogP contribution in [0.4, 0.5) is 5.82 Å². The number of hydrogen-bond acceptors (Lipinski definition) is 6. The Bertz CT molecular complexity index is 841. The van der Waals surface area contributed by atoms with Gasteiger partial charge in [-0.05, 0) is 31.7 Å². The van der Waals surface area contributed by atoms with Crippen LogP contribution in [0.5, 0.6) is 0 Å². The second kappa shape index (κ2) is 6.24. The van der Waals surface area contributed by atoms with Crippen LogP contribution in [-0.4, -0.2) is 54.1 Å². The van der Waals surface area contributed by atoms with E-state index in [1.54, 1.807) is 22.0 Å². The van der Waals surface area contributed by atoms with Crippen LogP contribution >= 0.6 is 11.3 Å². The van der Waals surface area contributed by atoms with Crippen LogP contribution in [0.1, 0.15) is 31.1 Å². The number of fused-ring (bicyclic) bond motifs is 1. The number of thiophene rings is 1. The average Bonchev–Trinajstić information content (AvgIpc) is 3.17. The molecule has 6 nitrogen and oxygen atoms in total. The minimum Gasteiger partial charge on any atom is -0.356 e. The quantitative estimate of drug-likeness (QED) is 0.834. The summed E-state index contributed by atoms with van der Waals surface area (Å²) in [5.41, 5.74) is 0. The van der Waals surface area contributed by atoms with Crippen LogP contribution in [0.15, 0.2) is 12.4 Å². The molecule has 2 aromatic rings. The molecule has 2 aliphatic heterocycles. The molecule has 0 unspecified atom stereocenters. The van der Waals surface area contributed by atoms with Gasteiger partial charge in [0.05, 0.1) is 11.1 Å². The predicted octanol–water partition coefficient (Wildman–Crippen LogP) is 2.26. The zero-order valence-corrected chi connectivity index (χ0v) is 15.4. The third-order valence-corrected chi connectivity index (χ3v) is 8.20. The van der Waals surface area contributed by atoms with Crippen molar-refractivity contribution in [2.24, 2.45) is 0 Å². The van der Waals surface area contributed by atoms with Crippen LogP contribution < -0.4 is 4.90 Å². The van der Waals surface area contributed by atoms with Crippen molar-refractivity contribution in [3.63, 3.8) is 0 Å². The zero-order chi connectivity index (χ0) is 16.7. The number of rotatable bonds is 3. The van der Waals surface area contributed by atoms with Gasteiger partial charge in [-0.2, -0.15) is 4.31 Å². The Balaban J connectivity index is 1.53. The van der Waals surface area contributed by atoms with Gasteiger partial charge in [-0.15, -0.1) is 11.3 Å². The summed E-state index contributed by atoms with van der Waals surface area (Å²) in [5, 5.41) is 1.13. The van der Waals surface area contributed by atoms with Crippen molar-refractivity contribution in [3.8, 4) is 0 Å². The van der Waals surface area contributed by atoms with Gasteiger partial charge in [0.1, 0.15) is 17.0 Å². The Hall–Kier alpha value is -1.25. The molecule has 0 radical (unpaired) electrons. The van der Waals surface area contributed by atoms with Gasteiger partial charge < -0.3 is 4.90 Å². The number of piperidine rings is 1. The van der Waals surface area contributed by atoms with Gasteiger partial charge in [0, 0.05) is 30.6 Å². The minimum atomic E-state index is -3.01. The number of hydrogen-bond donors (Lipinski definition) is 0. The number of aromatic nitrogens is 2. The van der Waals surface area contributed by atoms with Crippen molar-refractivity contribution in [2.45, 2.75) is 38.6 Å². The molecular weight excluding hydrogens is 344 g/mol. The molecule has 2 fully saturated rings. The summed E-state index contributed by atoms with van der Waals surface area (Å²) in [4.78, 5) is 13.6. The summed E-state index contributed by atoms with van der Waals surface area (Å²) in [6.07, 6.45) is 5.16. The van der Waals surface area contributed by atoms with Crippen LogP contribution in [0.2, 0.25) is 0 Å². The second-order valence-corrected chi connectivity index (χ2v) is 9.64. The van der Waals surface area contributed by atoms with Crippen LogP contribution in [0.3, 0.4) is 0 Å². The maximum atomic E-state index is 12.1. The summed E-state index contributed by atoms with van der Waals surface area (Å²) >= 11 is 1.73. The Labute approximate surface area is 146 Å². The highest BCUT2D eigenvalue weighted by atomic mass is 32.2. The Morgan fingerprint density at radius 3 is 2.71 bits per heavy atom. The van der Waals surface area contributed by atoms with E-state index in [2.05, 4.69) is 27.9 Å². The van der Waals surface area contributed by atoms with Gasteiger partial charge >= 0.3 is 0 Å². The fraction of sp³-hybridized carbons (Fsp3) is 0.625. The first kappa shape index (κ1) is 16.2. The highest BCUT2D eigenvalue weighted by Crippen LogP contribution is 2.33. The van der Waals surface area contributed by atoms with Crippen molar-refractivity contribution in [1.29, 1.82) is 0 Å². The van der Waals surface area contributed by atoms with Gasteiger partial charge in [0.15, 0.2) is 0 Å². The van der Waals surface area contributed by atoms with Crippen LogP contribution in [0.25, 0.3) is 10.2 Å². The molecule has 0 bridgehead atoms. The van der Waals surface area contributed by atoms with Crippen molar-refractivity contribution in [1.82, 2.24) is 14.3 Å². The molecule has 0 amide bonds. The number of anilines is 1. The fourth-order valence-corrected chi connectivity index (χ4v) is 6.48. The monoisotopic (exact) mass is 366 g/mol. The number of nitrogens with zero attached hydrogens (tertiary/aromatic N) is 4. The summed E-state index contributed by atoms with van der Waals surface area (Å²) in [5.74, 6) is 1.31. The lowest BCUT2D eigenvalue weighted by molar-refractivity contribution is 0.290. The lowest BCUT2D eigenvalue weighted by Crippen LogP contribution is -2.45. The largest absolute Gasteiger partial charge is 0.356 e. The topological polar surface area (TPSA) is 66.4 Å². The minimum absolute atomic E-state index is 0.153. The molecule has 0 atom stereocenters. The standard InChI is InChI=1S/C16H22N4O2S2/c1-2-13-10-14-15(17-11-18-16(14)23-13)19-7-4-12(5-8-19)20-6-3-9-24(20,21)22/h10-12H,2-9H2,1H3. The van der Waals surface area contributed by atoms with Crippen molar-refractivity contribution >= 4 is 37.4 Å². The van der Waals surface area contributed by atoms with E-state index in [1.807, 2.05) is 0 Å². The highest BCUT2D eigenvalue weighted by Gasteiger charge is 2.36. The maximum Gasteiger partial charge on any atom is 0.214 e. The molecular formula is C16H22N4O2S2. The Kier molecular flexibility index (Phi) is 4.22. The van der Waals surface area contributed by atoms with E-state index in [4.69, 9.17) is 0 Å². The predicted molar refractivity (Wildman–Crippen MR) is 97.1 cm³/mol. The lowest BCUT2D eigenvalue weighted by Gasteiger charge is -2.36. The van der Waals surface area contributed by atoms with Crippen LogP contribution in [-0.2, 0) is 16.4 Å². The fourth-order valence-electron chi connectivity index (χ4n) is 3.75. The highest BCUT2D eigenvalue weighted by molar-refractivity contribution is 7.89. The van der Waals surface area contributed by atoms with Gasteiger partial charge in [-0.25, -0.2) is 18.4 Å². The summed E-state index contributed by atoms with van der Waals surface area (Å²) in [6, 6.07) is 2.35. The molecule has 0 aliphatic carbocycles. The maximum absolute atomic E-state index is 12.1. The smallest absolute Gasteiger partial charge is 0.214 e. The first-order valence-corrected chi connectivity index (χ1v) is 11.0. The molecule has 24 heavy (non-hydrogen) atoms. The first-order chi connectivity index (χ1) is 11.6. The van der Waals surface area contributed by atoms with Crippen molar-refractivity contribution < 1.29 is 8.42 Å². The first-order valence-electron chi connectivity index (χ1n) is 8.56. The van der Waals surface area contributed by atoms with E-state index in [1.165, 1.54) is 4.88 Å².